The lowest BCUT2D eigenvalue weighted by molar-refractivity contribution is -0.274. The Morgan fingerprint density at radius 1 is 1.10 bits per heavy atom. The number of hydrogen-bond donors (Lipinski definition) is 2. The van der Waals surface area contributed by atoms with Gasteiger partial charge in [-0.2, -0.15) is 0 Å². The van der Waals surface area contributed by atoms with Crippen molar-refractivity contribution in [1.29, 1.82) is 0 Å². The Morgan fingerprint density at radius 3 is 2.53 bits per heavy atom. The number of fused-ring (bicyclic) bond motifs is 1. The van der Waals surface area contributed by atoms with Crippen LogP contribution in [0.4, 0.5) is 23.2 Å². The number of halogens is 4. The van der Waals surface area contributed by atoms with Crippen molar-refractivity contribution in [3.63, 3.8) is 0 Å². The normalized spacial score (nSPS) is 12.5. The van der Waals surface area contributed by atoms with Gasteiger partial charge in [-0.05, 0) is 44.2 Å². The molecule has 0 saturated carbocycles. The third-order valence-corrected chi connectivity index (χ3v) is 4.21. The highest BCUT2D eigenvalue weighted by atomic mass is 19.4. The molecule has 6 nitrogen and oxygen atoms in total. The molecule has 30 heavy (non-hydrogen) atoms. The number of carbonyl (C=O) groups is 2. The van der Waals surface area contributed by atoms with Crippen LogP contribution in [0.2, 0.25) is 0 Å². The first-order valence-electron chi connectivity index (χ1n) is 8.69. The highest BCUT2D eigenvalue weighted by Gasteiger charge is 2.31. The number of benzene rings is 2. The van der Waals surface area contributed by atoms with Gasteiger partial charge in [-0.15, -0.1) is 13.2 Å². The average molecular weight is 424 g/mol. The summed E-state index contributed by atoms with van der Waals surface area (Å²) in [5.74, 6) is -2.76. The molecule has 2 N–H and O–H groups in total. The van der Waals surface area contributed by atoms with Crippen molar-refractivity contribution in [2.75, 3.05) is 5.32 Å². The molecule has 0 radical (unpaired) electrons. The Bertz CT molecular complexity index is 1110. The van der Waals surface area contributed by atoms with Crippen LogP contribution in [-0.4, -0.2) is 18.2 Å². The zero-order chi connectivity index (χ0) is 22.1. The number of furan rings is 1. The summed E-state index contributed by atoms with van der Waals surface area (Å²) in [7, 11) is 0. The zero-order valence-corrected chi connectivity index (χ0v) is 15.8. The molecule has 0 spiro atoms. The average Bonchev–Trinajstić information content (AvgIpc) is 2.97. The van der Waals surface area contributed by atoms with E-state index < -0.39 is 35.8 Å². The van der Waals surface area contributed by atoms with Crippen LogP contribution in [0.1, 0.15) is 24.3 Å². The molecule has 0 bridgehead atoms. The van der Waals surface area contributed by atoms with Gasteiger partial charge in [0.15, 0.2) is 0 Å². The molecule has 158 valence electrons. The Hall–Kier alpha value is -3.56. The van der Waals surface area contributed by atoms with E-state index in [-0.39, 0.29) is 5.69 Å². The number of rotatable bonds is 4. The molecule has 3 aromatic rings. The van der Waals surface area contributed by atoms with E-state index in [1.165, 1.54) is 30.3 Å². The van der Waals surface area contributed by atoms with Gasteiger partial charge in [-0.25, -0.2) is 4.39 Å². The number of aryl methyl sites for hydroxylation is 1. The van der Waals surface area contributed by atoms with E-state index in [0.29, 0.717) is 22.3 Å². The van der Waals surface area contributed by atoms with Crippen molar-refractivity contribution >= 4 is 28.5 Å². The predicted octanol–water partition coefficient (Wildman–Crippen LogP) is 4.59. The molecular weight excluding hydrogens is 408 g/mol. The van der Waals surface area contributed by atoms with Gasteiger partial charge in [0.05, 0.1) is 6.04 Å². The van der Waals surface area contributed by atoms with Gasteiger partial charge < -0.3 is 19.8 Å². The maximum absolute atomic E-state index is 13.4. The van der Waals surface area contributed by atoms with E-state index in [1.54, 1.807) is 13.8 Å². The molecule has 0 fully saturated rings. The summed E-state index contributed by atoms with van der Waals surface area (Å²) in [4.78, 5) is 24.3. The minimum absolute atomic E-state index is 0.0556. The quantitative estimate of drug-likeness (QED) is 0.474. The molecule has 1 heterocycles. The van der Waals surface area contributed by atoms with Crippen LogP contribution < -0.4 is 15.4 Å². The Morgan fingerprint density at radius 2 is 1.83 bits per heavy atom. The van der Waals surface area contributed by atoms with Crippen molar-refractivity contribution in [3.8, 4) is 5.75 Å². The zero-order valence-electron chi connectivity index (χ0n) is 15.8. The lowest BCUT2D eigenvalue weighted by Crippen LogP contribution is -2.37. The smallest absolute Gasteiger partial charge is 0.459 e. The number of carbonyl (C=O) groups excluding carboxylic acids is 2. The summed E-state index contributed by atoms with van der Waals surface area (Å²) in [5, 5.41) is 5.17. The molecule has 0 saturated heterocycles. The van der Waals surface area contributed by atoms with Crippen molar-refractivity contribution in [2.24, 2.45) is 0 Å². The van der Waals surface area contributed by atoms with Crippen LogP contribution in [0.3, 0.4) is 0 Å². The van der Waals surface area contributed by atoms with E-state index in [2.05, 4.69) is 15.4 Å². The molecule has 1 aromatic heterocycles. The third kappa shape index (κ3) is 4.88. The van der Waals surface area contributed by atoms with E-state index in [9.17, 15) is 27.2 Å². The fraction of sp³-hybridized carbons (Fsp3) is 0.200. The second kappa shape index (κ2) is 8.05. The summed E-state index contributed by atoms with van der Waals surface area (Å²) in [6.07, 6.45) is -4.89. The van der Waals surface area contributed by atoms with E-state index >= 15 is 0 Å². The minimum atomic E-state index is -4.89. The number of hydrogen-bond acceptors (Lipinski definition) is 4. The number of anilines is 1. The monoisotopic (exact) mass is 424 g/mol. The van der Waals surface area contributed by atoms with Crippen molar-refractivity contribution in [1.82, 2.24) is 5.32 Å². The Balaban J connectivity index is 1.68. The highest BCUT2D eigenvalue weighted by molar-refractivity contribution is 6.39. The van der Waals surface area contributed by atoms with Crippen LogP contribution in [0.15, 0.2) is 46.9 Å². The van der Waals surface area contributed by atoms with Crippen molar-refractivity contribution in [2.45, 2.75) is 26.3 Å². The number of ether oxygens (including phenoxy) is 1. The number of alkyl halides is 3. The first kappa shape index (κ1) is 21.2. The summed E-state index contributed by atoms with van der Waals surface area (Å²) < 4.78 is 59.7. The molecule has 2 aromatic carbocycles. The van der Waals surface area contributed by atoms with Crippen LogP contribution in [0.5, 0.6) is 5.75 Å². The van der Waals surface area contributed by atoms with Crippen LogP contribution in [0.25, 0.3) is 11.0 Å². The molecule has 10 heteroatoms. The second-order valence-corrected chi connectivity index (χ2v) is 6.46. The van der Waals surface area contributed by atoms with Crippen LogP contribution >= 0.6 is 0 Å². The molecule has 1 atom stereocenters. The lowest BCUT2D eigenvalue weighted by Gasteiger charge is -2.13. The number of amides is 2. The molecule has 1 unspecified atom stereocenters. The van der Waals surface area contributed by atoms with E-state index in [1.807, 2.05) is 0 Å². The number of nitrogens with one attached hydrogen (secondary N) is 2. The predicted molar refractivity (Wildman–Crippen MR) is 99.2 cm³/mol. The van der Waals surface area contributed by atoms with Gasteiger partial charge >= 0.3 is 18.2 Å². The summed E-state index contributed by atoms with van der Waals surface area (Å²) in [5.41, 5.74) is 0.977. The standard InChI is InChI=1S/C20H16F4N2O4/c1-10-15-8-12(21)6-7-16(15)29-17(10)11(2)25-18(27)19(28)26-13-4-3-5-14(9-13)30-20(22,23)24/h3-9,11H,1-2H3,(H,25,27)(H,26,28). The molecule has 0 aliphatic rings. The van der Waals surface area contributed by atoms with Gasteiger partial charge in [0.1, 0.15) is 22.9 Å². The third-order valence-electron chi connectivity index (χ3n) is 4.21. The van der Waals surface area contributed by atoms with Crippen molar-refractivity contribution in [3.05, 3.63) is 59.6 Å². The fourth-order valence-electron chi connectivity index (χ4n) is 2.91. The second-order valence-electron chi connectivity index (χ2n) is 6.46. The van der Waals surface area contributed by atoms with E-state index in [4.69, 9.17) is 4.42 Å². The topological polar surface area (TPSA) is 80.6 Å². The molecule has 2 amide bonds. The Kier molecular flexibility index (Phi) is 5.68. The van der Waals surface area contributed by atoms with E-state index in [0.717, 1.165) is 12.1 Å². The largest absolute Gasteiger partial charge is 0.573 e. The fourth-order valence-corrected chi connectivity index (χ4v) is 2.91. The summed E-state index contributed by atoms with van der Waals surface area (Å²) in [6, 6.07) is 7.79. The van der Waals surface area contributed by atoms with Gasteiger partial charge in [0, 0.05) is 22.7 Å². The van der Waals surface area contributed by atoms with Crippen LogP contribution in [-0.2, 0) is 9.59 Å². The first-order valence-corrected chi connectivity index (χ1v) is 8.69. The molecule has 3 rings (SSSR count). The minimum Gasteiger partial charge on any atom is -0.459 e. The van der Waals surface area contributed by atoms with Gasteiger partial charge in [-0.1, -0.05) is 6.07 Å². The maximum atomic E-state index is 13.4. The molecule has 0 aliphatic heterocycles. The van der Waals surface area contributed by atoms with Crippen LogP contribution in [0, 0.1) is 12.7 Å². The Labute approximate surface area is 167 Å². The van der Waals surface area contributed by atoms with Gasteiger partial charge in [0.2, 0.25) is 0 Å². The summed E-state index contributed by atoms with van der Waals surface area (Å²) >= 11 is 0. The summed E-state index contributed by atoms with van der Waals surface area (Å²) in [6.45, 7) is 3.26. The van der Waals surface area contributed by atoms with Crippen molar-refractivity contribution < 1.29 is 36.3 Å². The molecule has 0 aliphatic carbocycles. The van der Waals surface area contributed by atoms with Gasteiger partial charge in [0.25, 0.3) is 0 Å². The highest BCUT2D eigenvalue weighted by Crippen LogP contribution is 2.30. The first-order chi connectivity index (χ1) is 14.0. The van der Waals surface area contributed by atoms with Gasteiger partial charge in [-0.3, -0.25) is 9.59 Å². The maximum Gasteiger partial charge on any atom is 0.573 e. The lowest BCUT2D eigenvalue weighted by atomic mass is 10.1. The molecular formula is C20H16F4N2O4. The SMILES string of the molecule is Cc1c(C(C)NC(=O)C(=O)Nc2cccc(OC(F)(F)F)c2)oc2ccc(F)cc12.